The number of hydrogen-bond donors (Lipinski definition) is 1. The van der Waals surface area contributed by atoms with Crippen molar-refractivity contribution in [3.63, 3.8) is 0 Å². The number of hydrazine groups is 1. The summed E-state index contributed by atoms with van der Waals surface area (Å²) in [7, 11) is 1.23. The molecule has 2 N–H and O–H groups in total. The zero-order valence-corrected chi connectivity index (χ0v) is 15.5. The lowest BCUT2D eigenvalue weighted by Crippen LogP contribution is -2.41. The third-order valence-corrected chi connectivity index (χ3v) is 5.24. The molecule has 0 aromatic heterocycles. The smallest absolute Gasteiger partial charge is 0.357 e. The van der Waals surface area contributed by atoms with Crippen molar-refractivity contribution in [1.82, 2.24) is 5.01 Å². The number of nitrogens with zero attached hydrogens (tertiary/aromatic N) is 2. The van der Waals surface area contributed by atoms with Crippen LogP contribution >= 0.6 is 34.8 Å². The Morgan fingerprint density at radius 3 is 2.68 bits per heavy atom. The van der Waals surface area contributed by atoms with Gasteiger partial charge in [-0.05, 0) is 31.2 Å². The molecule has 1 aromatic carbocycles. The van der Waals surface area contributed by atoms with Gasteiger partial charge in [-0.3, -0.25) is 10.0 Å². The van der Waals surface area contributed by atoms with Crippen LogP contribution in [0, 0.1) is 11.7 Å². The van der Waals surface area contributed by atoms with Gasteiger partial charge in [0.15, 0.2) is 17.7 Å². The second-order valence-corrected chi connectivity index (χ2v) is 7.09. The average Bonchev–Trinajstić information content (AvgIpc) is 3.40. The molecule has 1 heterocycles. The number of hydrogen-bond acceptors (Lipinski definition) is 5. The van der Waals surface area contributed by atoms with Gasteiger partial charge in [-0.2, -0.15) is 0 Å². The number of benzene rings is 1. The van der Waals surface area contributed by atoms with Gasteiger partial charge in [0, 0.05) is 5.56 Å². The minimum Gasteiger partial charge on any atom is -0.464 e. The molecule has 9 heteroatoms. The minimum absolute atomic E-state index is 0.0359. The maximum Gasteiger partial charge on any atom is 0.357 e. The van der Waals surface area contributed by atoms with Crippen molar-refractivity contribution in [3.8, 4) is 0 Å². The Morgan fingerprint density at radius 2 is 2.08 bits per heavy atom. The number of aliphatic imine (C=N–C) groups is 1. The summed E-state index contributed by atoms with van der Waals surface area (Å²) in [5.41, 5.74) is 0.777. The van der Waals surface area contributed by atoms with Crippen LogP contribution in [0.1, 0.15) is 31.0 Å². The number of nitrogens with two attached hydrogens (primary N) is 1. The van der Waals surface area contributed by atoms with Gasteiger partial charge >= 0.3 is 5.97 Å². The second kappa shape index (κ2) is 7.11. The maximum absolute atomic E-state index is 14.1. The molecule has 1 atom stereocenters. The van der Waals surface area contributed by atoms with E-state index in [-0.39, 0.29) is 26.3 Å². The SMILES string of the molecule is COC(=O)C1=C(Cl)C(CC2CC2)=NC(c2ccc(Cl)c(F)c2Cl)N1N. The van der Waals surface area contributed by atoms with Crippen LogP contribution in [-0.2, 0) is 9.53 Å². The van der Waals surface area contributed by atoms with E-state index in [1.54, 1.807) is 0 Å². The highest BCUT2D eigenvalue weighted by Crippen LogP contribution is 2.41. The van der Waals surface area contributed by atoms with Gasteiger partial charge in [0.2, 0.25) is 0 Å². The number of rotatable bonds is 4. The number of carbonyl (C=O) groups is 1. The van der Waals surface area contributed by atoms with E-state index in [0.29, 0.717) is 18.1 Å². The Kier molecular flexibility index (Phi) is 5.25. The van der Waals surface area contributed by atoms with Crippen LogP contribution in [-0.4, -0.2) is 23.8 Å². The Balaban J connectivity index is 2.08. The van der Waals surface area contributed by atoms with Crippen LogP contribution in [0.5, 0.6) is 0 Å². The molecule has 1 aliphatic carbocycles. The molecule has 0 spiro atoms. The summed E-state index contributed by atoms with van der Waals surface area (Å²) in [4.78, 5) is 16.7. The summed E-state index contributed by atoms with van der Waals surface area (Å²) in [6.45, 7) is 0. The maximum atomic E-state index is 14.1. The van der Waals surface area contributed by atoms with E-state index >= 15 is 0 Å². The number of carbonyl (C=O) groups excluding carboxylic acids is 1. The van der Waals surface area contributed by atoms with Crippen molar-refractivity contribution in [3.05, 3.63) is 44.3 Å². The van der Waals surface area contributed by atoms with Crippen molar-refractivity contribution >= 4 is 46.5 Å². The molecule has 1 fully saturated rings. The summed E-state index contributed by atoms with van der Waals surface area (Å²) in [6, 6.07) is 2.88. The van der Waals surface area contributed by atoms with Crippen LogP contribution in [0.25, 0.3) is 0 Å². The predicted molar refractivity (Wildman–Crippen MR) is 94.9 cm³/mol. The number of methoxy groups -OCH3 is 1. The van der Waals surface area contributed by atoms with Gasteiger partial charge in [-0.15, -0.1) is 0 Å². The molecule has 1 aliphatic heterocycles. The minimum atomic E-state index is -0.912. The summed E-state index contributed by atoms with van der Waals surface area (Å²) >= 11 is 18.2. The Bertz CT molecular complexity index is 793. The predicted octanol–water partition coefficient (Wildman–Crippen LogP) is 4.18. The van der Waals surface area contributed by atoms with Gasteiger partial charge in [-0.1, -0.05) is 40.9 Å². The van der Waals surface area contributed by atoms with Crippen LogP contribution < -0.4 is 5.84 Å². The van der Waals surface area contributed by atoms with Crippen LogP contribution in [0.15, 0.2) is 27.9 Å². The zero-order chi connectivity index (χ0) is 18.3. The molecule has 2 aliphatic rings. The fraction of sp³-hybridized carbons (Fsp3) is 0.375. The van der Waals surface area contributed by atoms with E-state index in [9.17, 15) is 9.18 Å². The Labute approximate surface area is 159 Å². The van der Waals surface area contributed by atoms with Crippen molar-refractivity contribution < 1.29 is 13.9 Å². The fourth-order valence-electron chi connectivity index (χ4n) is 2.63. The molecule has 1 unspecified atom stereocenters. The van der Waals surface area contributed by atoms with E-state index in [0.717, 1.165) is 17.9 Å². The van der Waals surface area contributed by atoms with Gasteiger partial charge in [0.1, 0.15) is 0 Å². The van der Waals surface area contributed by atoms with E-state index in [2.05, 4.69) is 4.99 Å². The lowest BCUT2D eigenvalue weighted by molar-refractivity contribution is -0.138. The quantitative estimate of drug-likeness (QED) is 0.462. The highest BCUT2D eigenvalue weighted by molar-refractivity contribution is 6.45. The average molecular weight is 407 g/mol. The molecular weight excluding hydrogens is 392 g/mol. The molecule has 25 heavy (non-hydrogen) atoms. The summed E-state index contributed by atoms with van der Waals surface area (Å²) in [5, 5.41) is 0.865. The van der Waals surface area contributed by atoms with Crippen molar-refractivity contribution in [1.29, 1.82) is 0 Å². The number of halogens is 4. The summed E-state index contributed by atoms with van der Waals surface area (Å²) in [6.07, 6.45) is 1.84. The van der Waals surface area contributed by atoms with Gasteiger partial charge in [0.25, 0.3) is 0 Å². The topological polar surface area (TPSA) is 67.9 Å². The lowest BCUT2D eigenvalue weighted by atomic mass is 10.1. The molecule has 1 saturated carbocycles. The first-order valence-corrected chi connectivity index (χ1v) is 8.71. The Hall–Kier alpha value is -1.34. The van der Waals surface area contributed by atoms with Crippen LogP contribution in [0.3, 0.4) is 0 Å². The van der Waals surface area contributed by atoms with Crippen molar-refractivity contribution in [2.24, 2.45) is 16.8 Å². The highest BCUT2D eigenvalue weighted by atomic mass is 35.5. The number of allylic oxidation sites excluding steroid dienone is 1. The third kappa shape index (κ3) is 3.49. The summed E-state index contributed by atoms with van der Waals surface area (Å²) in [5.74, 6) is 5.05. The van der Waals surface area contributed by atoms with Crippen molar-refractivity contribution in [2.45, 2.75) is 25.4 Å². The van der Waals surface area contributed by atoms with Crippen LogP contribution in [0.2, 0.25) is 10.0 Å². The highest BCUT2D eigenvalue weighted by Gasteiger charge is 2.37. The molecule has 0 bridgehead atoms. The normalized spacial score (nSPS) is 20.6. The first-order valence-electron chi connectivity index (χ1n) is 7.57. The van der Waals surface area contributed by atoms with Gasteiger partial charge in [0.05, 0.1) is 27.9 Å². The number of ether oxygens (including phenoxy) is 1. The standard InChI is InChI=1S/C16H15Cl3FN3O2/c1-25-16(24)14-12(19)10(6-7-2-3-7)22-15(23(14)21)8-4-5-9(17)13(20)11(8)18/h4-5,7,15H,2-3,6,21H2,1H3. The molecule has 0 saturated heterocycles. The van der Waals surface area contributed by atoms with E-state index < -0.39 is 18.0 Å². The van der Waals surface area contributed by atoms with Crippen LogP contribution in [0.4, 0.5) is 4.39 Å². The summed E-state index contributed by atoms with van der Waals surface area (Å²) < 4.78 is 18.9. The first-order chi connectivity index (χ1) is 11.8. The molecule has 0 radical (unpaired) electrons. The second-order valence-electron chi connectivity index (χ2n) is 5.92. The first kappa shape index (κ1) is 18.5. The van der Waals surface area contributed by atoms with Crippen molar-refractivity contribution in [2.75, 3.05) is 7.11 Å². The number of esters is 1. The molecule has 0 amide bonds. The monoisotopic (exact) mass is 405 g/mol. The van der Waals surface area contributed by atoms with Gasteiger partial charge in [-0.25, -0.2) is 15.0 Å². The third-order valence-electron chi connectivity index (χ3n) is 4.16. The zero-order valence-electron chi connectivity index (χ0n) is 13.2. The molecule has 134 valence electrons. The lowest BCUT2D eigenvalue weighted by Gasteiger charge is -2.33. The largest absolute Gasteiger partial charge is 0.464 e. The van der Waals surface area contributed by atoms with E-state index in [1.807, 2.05) is 0 Å². The molecule has 1 aromatic rings. The van der Waals surface area contributed by atoms with E-state index in [1.165, 1.54) is 19.2 Å². The Morgan fingerprint density at radius 1 is 1.40 bits per heavy atom. The van der Waals surface area contributed by atoms with Gasteiger partial charge < -0.3 is 4.74 Å². The fourth-order valence-corrected chi connectivity index (χ4v) is 3.40. The van der Waals surface area contributed by atoms with E-state index in [4.69, 9.17) is 45.4 Å². The molecule has 3 rings (SSSR count). The molecular formula is C16H15Cl3FN3O2. The molecule has 5 nitrogen and oxygen atoms in total.